The number of rotatable bonds is 1. The van der Waals surface area contributed by atoms with Crippen molar-refractivity contribution in [2.24, 2.45) is 5.73 Å². The van der Waals surface area contributed by atoms with Gasteiger partial charge >= 0.3 is 0 Å². The highest BCUT2D eigenvalue weighted by Gasteiger charge is 2.18. The topological polar surface area (TPSA) is 103 Å². The second-order valence-corrected chi connectivity index (χ2v) is 7.02. The Labute approximate surface area is 178 Å². The molecule has 3 aromatic rings. The molecule has 0 spiro atoms. The average molecular weight is 427 g/mol. The summed E-state index contributed by atoms with van der Waals surface area (Å²) < 4.78 is 27.8. The van der Waals surface area contributed by atoms with E-state index in [0.717, 1.165) is 31.3 Å². The number of anilines is 1. The first-order valence-electron chi connectivity index (χ1n) is 9.95. The van der Waals surface area contributed by atoms with Gasteiger partial charge in [-0.15, -0.1) is 5.10 Å². The van der Waals surface area contributed by atoms with E-state index in [2.05, 4.69) is 15.4 Å². The predicted octanol–water partition coefficient (Wildman–Crippen LogP) is 3.25. The van der Waals surface area contributed by atoms with Gasteiger partial charge in [0.25, 0.3) is 5.91 Å². The molecule has 31 heavy (non-hydrogen) atoms. The second kappa shape index (κ2) is 10.4. The van der Waals surface area contributed by atoms with Crippen LogP contribution in [0.2, 0.25) is 0 Å². The fraction of sp³-hybridized carbons (Fsp3) is 0.273. The van der Waals surface area contributed by atoms with Gasteiger partial charge in [0.1, 0.15) is 17.5 Å². The molecule has 2 aliphatic heterocycles. The molecule has 0 saturated heterocycles. The Balaban J connectivity index is 0.000000142. The average Bonchev–Trinajstić information content (AvgIpc) is 3.30. The van der Waals surface area contributed by atoms with Crippen molar-refractivity contribution in [3.05, 3.63) is 77.4 Å². The standard InChI is InChI=1S/C10H9F2NO.C6H8N4O.C6H6/c11-7-4-6-2-1-3-9(14)13-10(6)8(12)5-7;7-5(11)6-8-4-2-1-3-10(4)9-6;1-2-4-6-5-3-1/h4-5H,1-3H2,(H,13,14);1-3H2,(H2,7,11);1-6H. The van der Waals surface area contributed by atoms with Crippen LogP contribution < -0.4 is 11.1 Å². The number of carbonyl (C=O) groups excluding carboxylic acids is 2. The third-order valence-corrected chi connectivity index (χ3v) is 4.66. The van der Waals surface area contributed by atoms with Gasteiger partial charge in [0.15, 0.2) is 0 Å². The van der Waals surface area contributed by atoms with Crippen LogP contribution in [0.3, 0.4) is 0 Å². The molecule has 162 valence electrons. The van der Waals surface area contributed by atoms with Crippen LogP contribution in [-0.2, 0) is 24.2 Å². The highest BCUT2D eigenvalue weighted by atomic mass is 19.1. The Kier molecular flexibility index (Phi) is 7.42. The smallest absolute Gasteiger partial charge is 0.288 e. The van der Waals surface area contributed by atoms with E-state index in [-0.39, 0.29) is 17.4 Å². The molecule has 0 unspecified atom stereocenters. The first-order chi connectivity index (χ1) is 14.9. The van der Waals surface area contributed by atoms with Crippen molar-refractivity contribution in [3.8, 4) is 0 Å². The van der Waals surface area contributed by atoms with Crippen LogP contribution in [0.1, 0.15) is 41.3 Å². The SMILES string of the molecule is NC(=O)c1nc2n(n1)CCC2.O=C1CCCc2cc(F)cc(F)c2N1.c1ccccc1. The van der Waals surface area contributed by atoms with Crippen molar-refractivity contribution in [1.29, 1.82) is 0 Å². The van der Waals surface area contributed by atoms with E-state index in [0.29, 0.717) is 24.8 Å². The summed E-state index contributed by atoms with van der Waals surface area (Å²) in [5.74, 6) is -1.05. The number of nitrogens with zero attached hydrogens (tertiary/aromatic N) is 3. The summed E-state index contributed by atoms with van der Waals surface area (Å²) >= 11 is 0. The van der Waals surface area contributed by atoms with E-state index in [9.17, 15) is 18.4 Å². The number of hydrogen-bond acceptors (Lipinski definition) is 4. The zero-order valence-corrected chi connectivity index (χ0v) is 16.9. The number of amides is 2. The number of aromatic nitrogens is 3. The van der Waals surface area contributed by atoms with E-state index in [1.807, 2.05) is 36.4 Å². The molecule has 2 aromatic carbocycles. The van der Waals surface area contributed by atoms with E-state index in [1.54, 1.807) is 4.68 Å². The summed E-state index contributed by atoms with van der Waals surface area (Å²) in [5.41, 5.74) is 5.67. The summed E-state index contributed by atoms with van der Waals surface area (Å²) in [7, 11) is 0. The molecule has 9 heteroatoms. The lowest BCUT2D eigenvalue weighted by Gasteiger charge is -2.07. The van der Waals surface area contributed by atoms with Crippen LogP contribution >= 0.6 is 0 Å². The minimum atomic E-state index is -0.699. The van der Waals surface area contributed by atoms with Crippen molar-refractivity contribution < 1.29 is 18.4 Å². The van der Waals surface area contributed by atoms with Crippen LogP contribution in [0.15, 0.2) is 48.5 Å². The van der Waals surface area contributed by atoms with Crippen LogP contribution in [0, 0.1) is 11.6 Å². The molecule has 0 bridgehead atoms. The molecule has 7 nitrogen and oxygen atoms in total. The molecule has 1 aromatic heterocycles. The van der Waals surface area contributed by atoms with Crippen molar-refractivity contribution in [2.45, 2.75) is 38.6 Å². The van der Waals surface area contributed by atoms with E-state index >= 15 is 0 Å². The van der Waals surface area contributed by atoms with Gasteiger partial charge in [0.05, 0.1) is 5.69 Å². The van der Waals surface area contributed by atoms with Gasteiger partial charge in [-0.1, -0.05) is 36.4 Å². The Bertz CT molecular complexity index is 1010. The monoisotopic (exact) mass is 427 g/mol. The maximum absolute atomic E-state index is 13.2. The largest absolute Gasteiger partial charge is 0.363 e. The molecule has 3 heterocycles. The van der Waals surface area contributed by atoms with Gasteiger partial charge in [-0.3, -0.25) is 9.59 Å². The molecule has 0 fully saturated rings. The number of fused-ring (bicyclic) bond motifs is 2. The third kappa shape index (κ3) is 6.18. The zero-order chi connectivity index (χ0) is 22.2. The summed E-state index contributed by atoms with van der Waals surface area (Å²) in [6.45, 7) is 0.857. The van der Waals surface area contributed by atoms with Crippen molar-refractivity contribution >= 4 is 17.5 Å². The summed E-state index contributed by atoms with van der Waals surface area (Å²) in [6.07, 6.45) is 3.48. The fourth-order valence-corrected chi connectivity index (χ4v) is 3.22. The Hall–Kier alpha value is -3.62. The Morgan fingerprint density at radius 2 is 1.68 bits per heavy atom. The minimum Gasteiger partial charge on any atom is -0.363 e. The van der Waals surface area contributed by atoms with E-state index in [4.69, 9.17) is 5.73 Å². The fourth-order valence-electron chi connectivity index (χ4n) is 3.22. The maximum atomic E-state index is 13.2. The van der Waals surface area contributed by atoms with Crippen LogP contribution in [0.25, 0.3) is 0 Å². The Morgan fingerprint density at radius 1 is 1.00 bits per heavy atom. The number of benzene rings is 2. The lowest BCUT2D eigenvalue weighted by atomic mass is 10.1. The quantitative estimate of drug-likeness (QED) is 0.622. The lowest BCUT2D eigenvalue weighted by molar-refractivity contribution is -0.116. The molecule has 2 amide bonds. The summed E-state index contributed by atoms with van der Waals surface area (Å²) in [6, 6.07) is 14.1. The number of nitrogens with one attached hydrogen (secondary N) is 1. The number of halogens is 2. The molecule has 3 N–H and O–H groups in total. The Morgan fingerprint density at radius 3 is 2.29 bits per heavy atom. The van der Waals surface area contributed by atoms with Crippen molar-refractivity contribution in [2.75, 3.05) is 5.32 Å². The molecule has 2 aliphatic rings. The highest BCUT2D eigenvalue weighted by molar-refractivity contribution is 5.92. The van der Waals surface area contributed by atoms with E-state index in [1.165, 1.54) is 6.07 Å². The van der Waals surface area contributed by atoms with Crippen molar-refractivity contribution in [1.82, 2.24) is 14.8 Å². The highest BCUT2D eigenvalue weighted by Crippen LogP contribution is 2.26. The van der Waals surface area contributed by atoms with Gasteiger partial charge in [0, 0.05) is 25.5 Å². The molecule has 0 aliphatic carbocycles. The second-order valence-electron chi connectivity index (χ2n) is 7.02. The molecular formula is C22H23F2N5O2. The molecule has 5 rings (SSSR count). The molecule has 0 saturated carbocycles. The number of carbonyl (C=O) groups is 2. The number of aryl methyl sites for hydroxylation is 3. The lowest BCUT2D eigenvalue weighted by Crippen LogP contribution is -2.13. The van der Waals surface area contributed by atoms with Gasteiger partial charge in [-0.25, -0.2) is 18.4 Å². The molecular weight excluding hydrogens is 404 g/mol. The number of nitrogens with two attached hydrogens (primary N) is 1. The third-order valence-electron chi connectivity index (χ3n) is 4.66. The number of primary amides is 1. The predicted molar refractivity (Wildman–Crippen MR) is 111 cm³/mol. The van der Waals surface area contributed by atoms with Crippen LogP contribution in [0.5, 0.6) is 0 Å². The van der Waals surface area contributed by atoms with Gasteiger partial charge in [0.2, 0.25) is 11.7 Å². The normalized spacial score (nSPS) is 13.9. The minimum absolute atomic E-state index is 0.133. The van der Waals surface area contributed by atoms with Crippen LogP contribution in [0.4, 0.5) is 14.5 Å². The van der Waals surface area contributed by atoms with Gasteiger partial charge < -0.3 is 11.1 Å². The van der Waals surface area contributed by atoms with Gasteiger partial charge in [-0.05, 0) is 30.9 Å². The van der Waals surface area contributed by atoms with Crippen molar-refractivity contribution in [3.63, 3.8) is 0 Å². The first-order valence-corrected chi connectivity index (χ1v) is 9.95. The maximum Gasteiger partial charge on any atom is 0.288 e. The molecule has 0 radical (unpaired) electrons. The zero-order valence-electron chi connectivity index (χ0n) is 16.9. The molecule has 0 atom stereocenters. The van der Waals surface area contributed by atoms with Crippen LogP contribution in [-0.4, -0.2) is 26.6 Å². The summed E-state index contributed by atoms with van der Waals surface area (Å²) in [4.78, 5) is 25.7. The number of hydrogen-bond donors (Lipinski definition) is 2. The first kappa shape index (κ1) is 22.1. The van der Waals surface area contributed by atoms with E-state index < -0.39 is 17.5 Å². The van der Waals surface area contributed by atoms with Gasteiger partial charge in [-0.2, -0.15) is 0 Å². The summed E-state index contributed by atoms with van der Waals surface area (Å²) in [5, 5.41) is 6.36.